The van der Waals surface area contributed by atoms with Gasteiger partial charge in [-0.25, -0.2) is 0 Å². The fourth-order valence-corrected chi connectivity index (χ4v) is 2.86. The molecule has 0 fully saturated rings. The first-order valence-corrected chi connectivity index (χ1v) is 8.36. The summed E-state index contributed by atoms with van der Waals surface area (Å²) in [4.78, 5) is 16.3. The number of pyridine rings is 1. The van der Waals surface area contributed by atoms with Crippen LogP contribution in [-0.2, 0) is 0 Å². The Morgan fingerprint density at radius 3 is 2.60 bits per heavy atom. The number of hydrogen-bond donors (Lipinski definition) is 2. The molecule has 0 radical (unpaired) electrons. The molecule has 0 aliphatic rings. The van der Waals surface area contributed by atoms with Gasteiger partial charge in [0.15, 0.2) is 0 Å². The molecule has 0 unspecified atom stereocenters. The number of thioether (sulfide) groups is 1. The van der Waals surface area contributed by atoms with Crippen molar-refractivity contribution in [1.82, 2.24) is 10.3 Å². The van der Waals surface area contributed by atoms with Crippen molar-refractivity contribution in [1.29, 1.82) is 0 Å². The van der Waals surface area contributed by atoms with Crippen LogP contribution in [0, 0.1) is 0 Å². The van der Waals surface area contributed by atoms with Gasteiger partial charge in [0, 0.05) is 29.7 Å². The van der Waals surface area contributed by atoms with E-state index in [-0.39, 0.29) is 10.7 Å². The molecule has 112 valence electrons. The molecule has 0 aromatic carbocycles. The zero-order valence-corrected chi connectivity index (χ0v) is 13.6. The zero-order chi connectivity index (χ0) is 15.0. The molecule has 1 heterocycles. The van der Waals surface area contributed by atoms with Crippen molar-refractivity contribution < 1.29 is 4.79 Å². The highest BCUT2D eigenvalue weighted by molar-refractivity contribution is 8.00. The van der Waals surface area contributed by atoms with E-state index in [1.54, 1.807) is 12.3 Å². The Bertz CT molecular complexity index is 425. The van der Waals surface area contributed by atoms with E-state index in [9.17, 15) is 4.79 Å². The Hall–Kier alpha value is -1.23. The Morgan fingerprint density at radius 1 is 1.35 bits per heavy atom. The van der Waals surface area contributed by atoms with Crippen LogP contribution in [-0.4, -0.2) is 35.0 Å². The number of carbonyl (C=O) groups is 1. The standard InChI is InChI=1S/C15H25N3OS/c1-5-15(6-2,20-4)11-18-14(19)13-10-12(16-7-3)8-9-17-13/h8-10H,5-7,11H2,1-4H3,(H,16,17)(H,18,19). The summed E-state index contributed by atoms with van der Waals surface area (Å²) >= 11 is 1.82. The summed E-state index contributed by atoms with van der Waals surface area (Å²) in [6.07, 6.45) is 5.84. The van der Waals surface area contributed by atoms with E-state index in [0.717, 1.165) is 25.1 Å². The van der Waals surface area contributed by atoms with Gasteiger partial charge in [0.1, 0.15) is 5.69 Å². The van der Waals surface area contributed by atoms with E-state index < -0.39 is 0 Å². The van der Waals surface area contributed by atoms with Crippen LogP contribution in [0.1, 0.15) is 44.1 Å². The van der Waals surface area contributed by atoms with Gasteiger partial charge in [-0.3, -0.25) is 9.78 Å². The first kappa shape index (κ1) is 16.8. The molecule has 1 rings (SSSR count). The number of anilines is 1. The molecule has 20 heavy (non-hydrogen) atoms. The second-order valence-electron chi connectivity index (χ2n) is 4.74. The summed E-state index contributed by atoms with van der Waals surface area (Å²) in [5, 5.41) is 6.20. The first-order chi connectivity index (χ1) is 9.60. The minimum absolute atomic E-state index is 0.106. The van der Waals surface area contributed by atoms with E-state index >= 15 is 0 Å². The lowest BCUT2D eigenvalue weighted by molar-refractivity contribution is 0.0944. The molecule has 0 atom stereocenters. The van der Waals surface area contributed by atoms with Crippen LogP contribution in [0.4, 0.5) is 5.69 Å². The van der Waals surface area contributed by atoms with Crippen molar-refractivity contribution in [3.8, 4) is 0 Å². The SMILES string of the molecule is CCNc1ccnc(C(=O)NCC(CC)(CC)SC)c1. The van der Waals surface area contributed by atoms with Crippen LogP contribution in [0.2, 0.25) is 0 Å². The quantitative estimate of drug-likeness (QED) is 0.773. The summed E-state index contributed by atoms with van der Waals surface area (Å²) in [5.41, 5.74) is 1.39. The number of carbonyl (C=O) groups excluding carboxylic acids is 1. The first-order valence-electron chi connectivity index (χ1n) is 7.14. The van der Waals surface area contributed by atoms with E-state index in [1.165, 1.54) is 0 Å². The van der Waals surface area contributed by atoms with Crippen molar-refractivity contribution in [2.24, 2.45) is 0 Å². The molecule has 0 aliphatic carbocycles. The van der Waals surface area contributed by atoms with Crippen molar-refractivity contribution in [2.75, 3.05) is 24.7 Å². The van der Waals surface area contributed by atoms with Crippen LogP contribution in [0.5, 0.6) is 0 Å². The van der Waals surface area contributed by atoms with E-state index in [0.29, 0.717) is 12.2 Å². The number of nitrogens with zero attached hydrogens (tertiary/aromatic N) is 1. The Morgan fingerprint density at radius 2 is 2.05 bits per heavy atom. The minimum Gasteiger partial charge on any atom is -0.385 e. The highest BCUT2D eigenvalue weighted by atomic mass is 32.2. The fourth-order valence-electron chi connectivity index (χ4n) is 2.06. The molecular formula is C15H25N3OS. The number of nitrogens with one attached hydrogen (secondary N) is 2. The number of aromatic nitrogens is 1. The predicted molar refractivity (Wildman–Crippen MR) is 87.6 cm³/mol. The van der Waals surface area contributed by atoms with Crippen LogP contribution >= 0.6 is 11.8 Å². The molecule has 5 heteroatoms. The molecule has 1 amide bonds. The van der Waals surface area contributed by atoms with Crippen LogP contribution < -0.4 is 10.6 Å². The maximum absolute atomic E-state index is 12.2. The summed E-state index contributed by atoms with van der Waals surface area (Å²) < 4.78 is 0.120. The van der Waals surface area contributed by atoms with Crippen molar-refractivity contribution >= 4 is 23.4 Å². The summed E-state index contributed by atoms with van der Waals surface area (Å²) in [6.45, 7) is 7.85. The van der Waals surface area contributed by atoms with Gasteiger partial charge in [-0.2, -0.15) is 11.8 Å². The van der Waals surface area contributed by atoms with Gasteiger partial charge in [-0.1, -0.05) is 13.8 Å². The van der Waals surface area contributed by atoms with Gasteiger partial charge in [0.2, 0.25) is 0 Å². The molecule has 0 aliphatic heterocycles. The lowest BCUT2D eigenvalue weighted by Gasteiger charge is -2.29. The highest BCUT2D eigenvalue weighted by Crippen LogP contribution is 2.29. The smallest absolute Gasteiger partial charge is 0.270 e. The largest absolute Gasteiger partial charge is 0.385 e. The van der Waals surface area contributed by atoms with Crippen LogP contribution in [0.25, 0.3) is 0 Å². The third kappa shape index (κ3) is 4.40. The third-order valence-corrected chi connectivity index (χ3v) is 5.25. The van der Waals surface area contributed by atoms with E-state index in [2.05, 4.69) is 35.7 Å². The maximum atomic E-state index is 12.2. The average Bonchev–Trinajstić information content (AvgIpc) is 2.49. The summed E-state index contributed by atoms with van der Waals surface area (Å²) in [6, 6.07) is 3.65. The summed E-state index contributed by atoms with van der Waals surface area (Å²) in [5.74, 6) is -0.106. The molecule has 0 saturated heterocycles. The van der Waals surface area contributed by atoms with Gasteiger partial charge < -0.3 is 10.6 Å². The zero-order valence-electron chi connectivity index (χ0n) is 12.8. The summed E-state index contributed by atoms with van der Waals surface area (Å²) in [7, 11) is 0. The third-order valence-electron chi connectivity index (χ3n) is 3.67. The van der Waals surface area contributed by atoms with E-state index in [4.69, 9.17) is 0 Å². The topological polar surface area (TPSA) is 54.0 Å². The molecule has 1 aromatic rings. The minimum atomic E-state index is -0.106. The highest BCUT2D eigenvalue weighted by Gasteiger charge is 2.25. The molecule has 0 bridgehead atoms. The second-order valence-corrected chi connectivity index (χ2v) is 6.01. The molecule has 1 aromatic heterocycles. The molecular weight excluding hydrogens is 270 g/mol. The fraction of sp³-hybridized carbons (Fsp3) is 0.600. The molecule has 2 N–H and O–H groups in total. The Labute approximate surface area is 126 Å². The van der Waals surface area contributed by atoms with Gasteiger partial charge in [0.05, 0.1) is 0 Å². The Kier molecular flexibility index (Phi) is 6.85. The number of rotatable bonds is 8. The predicted octanol–water partition coefficient (Wildman–Crippen LogP) is 3.17. The maximum Gasteiger partial charge on any atom is 0.270 e. The normalized spacial score (nSPS) is 11.2. The molecule has 0 spiro atoms. The Balaban J connectivity index is 2.69. The second kappa shape index (κ2) is 8.15. The van der Waals surface area contributed by atoms with Crippen molar-refractivity contribution in [3.63, 3.8) is 0 Å². The van der Waals surface area contributed by atoms with Gasteiger partial charge >= 0.3 is 0 Å². The number of amides is 1. The van der Waals surface area contributed by atoms with Gasteiger partial charge in [-0.15, -0.1) is 0 Å². The van der Waals surface area contributed by atoms with Crippen molar-refractivity contribution in [2.45, 2.75) is 38.4 Å². The average molecular weight is 295 g/mol. The lowest BCUT2D eigenvalue weighted by atomic mass is 10.0. The van der Waals surface area contributed by atoms with Crippen molar-refractivity contribution in [3.05, 3.63) is 24.0 Å². The van der Waals surface area contributed by atoms with Crippen LogP contribution in [0.3, 0.4) is 0 Å². The monoisotopic (exact) mass is 295 g/mol. The van der Waals surface area contributed by atoms with Crippen LogP contribution in [0.15, 0.2) is 18.3 Å². The van der Waals surface area contributed by atoms with Gasteiger partial charge in [-0.05, 0) is 38.2 Å². The molecule has 4 nitrogen and oxygen atoms in total. The number of hydrogen-bond acceptors (Lipinski definition) is 4. The van der Waals surface area contributed by atoms with E-state index in [1.807, 2.05) is 24.8 Å². The molecule has 0 saturated carbocycles. The lowest BCUT2D eigenvalue weighted by Crippen LogP contribution is -2.39. The van der Waals surface area contributed by atoms with Gasteiger partial charge in [0.25, 0.3) is 5.91 Å².